The highest BCUT2D eigenvalue weighted by Gasteiger charge is 2.19. The summed E-state index contributed by atoms with van der Waals surface area (Å²) >= 11 is 5.99. The largest absolute Gasteiger partial charge is 0.315 e. The Bertz CT molecular complexity index is 350. The number of aromatic nitrogens is 1. The van der Waals surface area contributed by atoms with Crippen LogP contribution in [0.4, 0.5) is 0 Å². The van der Waals surface area contributed by atoms with Crippen LogP contribution < -0.4 is 5.32 Å². The van der Waals surface area contributed by atoms with Crippen LogP contribution in [0.2, 0.25) is 5.02 Å². The van der Waals surface area contributed by atoms with Crippen molar-refractivity contribution in [3.8, 4) is 0 Å². The lowest BCUT2D eigenvalue weighted by Gasteiger charge is -2.33. The molecule has 1 atom stereocenters. The fourth-order valence-electron chi connectivity index (χ4n) is 2.39. The summed E-state index contributed by atoms with van der Waals surface area (Å²) in [6.45, 7) is 6.40. The normalized spacial score (nSPS) is 20.8. The second-order valence-electron chi connectivity index (χ2n) is 4.53. The molecule has 0 bridgehead atoms. The Labute approximate surface area is 108 Å². The molecule has 4 heteroatoms. The number of nitrogens with one attached hydrogen (secondary N) is 1. The molecule has 0 aromatic carbocycles. The molecule has 0 spiro atoms. The molecule has 1 saturated heterocycles. The lowest BCUT2D eigenvalue weighted by molar-refractivity contribution is 0.164. The third-order valence-corrected chi connectivity index (χ3v) is 3.57. The first-order chi connectivity index (χ1) is 8.29. The highest BCUT2D eigenvalue weighted by molar-refractivity contribution is 6.30. The minimum atomic E-state index is 0.634. The number of pyridine rings is 1. The molecule has 3 nitrogen and oxygen atoms in total. The molecule has 1 fully saturated rings. The molecule has 0 radical (unpaired) electrons. The predicted octanol–water partition coefficient (Wildman–Crippen LogP) is 2.31. The molecule has 1 aliphatic heterocycles. The maximum atomic E-state index is 5.99. The SMILES string of the molecule is CCN(Cc1cc(Cl)ccn1)C1CCCNC1. The standard InChI is InChI=1S/C13H20ClN3/c1-2-17(13-4-3-6-15-9-13)10-12-8-11(14)5-7-16-12/h5,7-8,13,15H,2-4,6,9-10H2,1H3. The average molecular weight is 254 g/mol. The number of hydrogen-bond donors (Lipinski definition) is 1. The average Bonchev–Trinajstić information content (AvgIpc) is 2.37. The molecule has 1 N–H and O–H groups in total. The maximum Gasteiger partial charge on any atom is 0.0558 e. The van der Waals surface area contributed by atoms with Gasteiger partial charge in [0.2, 0.25) is 0 Å². The summed E-state index contributed by atoms with van der Waals surface area (Å²) in [6.07, 6.45) is 4.33. The van der Waals surface area contributed by atoms with Crippen molar-refractivity contribution in [2.75, 3.05) is 19.6 Å². The molecule has 2 heterocycles. The van der Waals surface area contributed by atoms with E-state index in [0.29, 0.717) is 6.04 Å². The van der Waals surface area contributed by atoms with Crippen molar-refractivity contribution in [3.63, 3.8) is 0 Å². The van der Waals surface area contributed by atoms with Gasteiger partial charge in [-0.25, -0.2) is 0 Å². The van der Waals surface area contributed by atoms with Crippen molar-refractivity contribution in [2.45, 2.75) is 32.4 Å². The summed E-state index contributed by atoms with van der Waals surface area (Å²) < 4.78 is 0. The van der Waals surface area contributed by atoms with E-state index in [0.717, 1.165) is 36.9 Å². The Morgan fingerprint density at radius 2 is 2.47 bits per heavy atom. The van der Waals surface area contributed by atoms with Crippen LogP contribution in [0, 0.1) is 0 Å². The van der Waals surface area contributed by atoms with E-state index in [-0.39, 0.29) is 0 Å². The third-order valence-electron chi connectivity index (χ3n) is 3.34. The predicted molar refractivity (Wildman–Crippen MR) is 71.2 cm³/mol. The van der Waals surface area contributed by atoms with Gasteiger partial charge in [-0.3, -0.25) is 9.88 Å². The van der Waals surface area contributed by atoms with Crippen LogP contribution in [0.25, 0.3) is 0 Å². The van der Waals surface area contributed by atoms with Gasteiger partial charge < -0.3 is 5.32 Å². The van der Waals surface area contributed by atoms with Crippen molar-refractivity contribution in [1.29, 1.82) is 0 Å². The second-order valence-corrected chi connectivity index (χ2v) is 4.97. The summed E-state index contributed by atoms with van der Waals surface area (Å²) in [4.78, 5) is 6.85. The molecule has 2 rings (SSSR count). The molecule has 0 saturated carbocycles. The van der Waals surface area contributed by atoms with Gasteiger partial charge in [0, 0.05) is 30.4 Å². The van der Waals surface area contributed by atoms with Crippen molar-refractivity contribution in [2.24, 2.45) is 0 Å². The van der Waals surface area contributed by atoms with E-state index in [2.05, 4.69) is 22.1 Å². The lowest BCUT2D eigenvalue weighted by Crippen LogP contribution is -2.45. The topological polar surface area (TPSA) is 28.2 Å². The van der Waals surface area contributed by atoms with Crippen LogP contribution >= 0.6 is 11.6 Å². The van der Waals surface area contributed by atoms with E-state index < -0.39 is 0 Å². The zero-order chi connectivity index (χ0) is 12.1. The van der Waals surface area contributed by atoms with Gasteiger partial charge in [-0.2, -0.15) is 0 Å². The van der Waals surface area contributed by atoms with Gasteiger partial charge in [-0.15, -0.1) is 0 Å². The number of piperidine rings is 1. The Balaban J connectivity index is 1.98. The van der Waals surface area contributed by atoms with Gasteiger partial charge in [0.1, 0.15) is 0 Å². The first kappa shape index (κ1) is 12.8. The van der Waals surface area contributed by atoms with E-state index in [4.69, 9.17) is 11.6 Å². The first-order valence-electron chi connectivity index (χ1n) is 6.35. The first-order valence-corrected chi connectivity index (χ1v) is 6.72. The van der Waals surface area contributed by atoms with Crippen molar-refractivity contribution < 1.29 is 0 Å². The molecule has 17 heavy (non-hydrogen) atoms. The quantitative estimate of drug-likeness (QED) is 0.893. The highest BCUT2D eigenvalue weighted by Crippen LogP contribution is 2.15. The Hall–Kier alpha value is -0.640. The van der Waals surface area contributed by atoms with Crippen LogP contribution in [0.15, 0.2) is 18.3 Å². The van der Waals surface area contributed by atoms with Crippen LogP contribution in [0.1, 0.15) is 25.5 Å². The van der Waals surface area contributed by atoms with Crippen molar-refractivity contribution in [1.82, 2.24) is 15.2 Å². The van der Waals surface area contributed by atoms with Crippen LogP contribution in [0.3, 0.4) is 0 Å². The zero-order valence-electron chi connectivity index (χ0n) is 10.3. The third kappa shape index (κ3) is 3.66. The summed E-state index contributed by atoms with van der Waals surface area (Å²) in [5.74, 6) is 0. The van der Waals surface area contributed by atoms with Crippen molar-refractivity contribution >= 4 is 11.6 Å². The van der Waals surface area contributed by atoms with Gasteiger partial charge in [0.05, 0.1) is 5.69 Å². The molecular weight excluding hydrogens is 234 g/mol. The van der Waals surface area contributed by atoms with Gasteiger partial charge in [0.25, 0.3) is 0 Å². The van der Waals surface area contributed by atoms with E-state index in [1.165, 1.54) is 12.8 Å². The van der Waals surface area contributed by atoms with E-state index in [9.17, 15) is 0 Å². The number of nitrogens with zero attached hydrogens (tertiary/aromatic N) is 2. The highest BCUT2D eigenvalue weighted by atomic mass is 35.5. The molecule has 94 valence electrons. The number of rotatable bonds is 4. The number of halogens is 1. The van der Waals surface area contributed by atoms with E-state index in [1.54, 1.807) is 6.20 Å². The summed E-state index contributed by atoms with van der Waals surface area (Å²) in [5.41, 5.74) is 1.06. The molecule has 1 aromatic heterocycles. The van der Waals surface area contributed by atoms with Crippen molar-refractivity contribution in [3.05, 3.63) is 29.0 Å². The second kappa shape index (κ2) is 6.34. The molecular formula is C13H20ClN3. The smallest absolute Gasteiger partial charge is 0.0558 e. The summed E-state index contributed by atoms with van der Waals surface area (Å²) in [7, 11) is 0. The molecule has 1 aliphatic rings. The van der Waals surface area contributed by atoms with E-state index in [1.807, 2.05) is 12.1 Å². The minimum Gasteiger partial charge on any atom is -0.315 e. The summed E-state index contributed by atoms with van der Waals surface area (Å²) in [6, 6.07) is 4.42. The van der Waals surface area contributed by atoms with Gasteiger partial charge in [-0.1, -0.05) is 18.5 Å². The Morgan fingerprint density at radius 1 is 1.59 bits per heavy atom. The Kier molecular flexibility index (Phi) is 4.77. The molecule has 0 aliphatic carbocycles. The van der Waals surface area contributed by atoms with Gasteiger partial charge in [-0.05, 0) is 38.1 Å². The van der Waals surface area contributed by atoms with Gasteiger partial charge >= 0.3 is 0 Å². The Morgan fingerprint density at radius 3 is 3.12 bits per heavy atom. The fourth-order valence-corrected chi connectivity index (χ4v) is 2.57. The van der Waals surface area contributed by atoms with Crippen LogP contribution in [0.5, 0.6) is 0 Å². The zero-order valence-corrected chi connectivity index (χ0v) is 11.1. The molecule has 1 unspecified atom stereocenters. The number of hydrogen-bond acceptors (Lipinski definition) is 3. The van der Waals surface area contributed by atoms with E-state index >= 15 is 0 Å². The monoisotopic (exact) mass is 253 g/mol. The lowest BCUT2D eigenvalue weighted by atomic mass is 10.1. The molecule has 1 aromatic rings. The van der Waals surface area contributed by atoms with Crippen LogP contribution in [-0.4, -0.2) is 35.6 Å². The molecule has 0 amide bonds. The maximum absolute atomic E-state index is 5.99. The number of likely N-dealkylation sites (N-methyl/N-ethyl adjacent to an activating group) is 1. The summed E-state index contributed by atoms with van der Waals surface area (Å²) in [5, 5.41) is 4.23. The van der Waals surface area contributed by atoms with Gasteiger partial charge in [0.15, 0.2) is 0 Å². The fraction of sp³-hybridized carbons (Fsp3) is 0.615. The van der Waals surface area contributed by atoms with Crippen LogP contribution in [-0.2, 0) is 6.54 Å². The minimum absolute atomic E-state index is 0.634.